The lowest BCUT2D eigenvalue weighted by atomic mass is 9.85. The van der Waals surface area contributed by atoms with Crippen LogP contribution in [-0.4, -0.2) is 18.0 Å². The summed E-state index contributed by atoms with van der Waals surface area (Å²) in [5.74, 6) is 0.872. The number of fused-ring (bicyclic) bond motifs is 1. The van der Waals surface area contributed by atoms with Crippen molar-refractivity contribution in [2.75, 3.05) is 13.1 Å². The van der Waals surface area contributed by atoms with Gasteiger partial charge in [0.2, 0.25) is 0 Å². The second-order valence-electron chi connectivity index (χ2n) is 5.96. The third-order valence-corrected chi connectivity index (χ3v) is 5.29. The van der Waals surface area contributed by atoms with Gasteiger partial charge in [0.1, 0.15) is 0 Å². The molecule has 1 aromatic carbocycles. The minimum atomic E-state index is 0.675. The second kappa shape index (κ2) is 5.34. The first-order valence-electron chi connectivity index (χ1n) is 7.27. The molecule has 2 heteroatoms. The van der Waals surface area contributed by atoms with Crippen molar-refractivity contribution in [1.29, 1.82) is 0 Å². The van der Waals surface area contributed by atoms with Gasteiger partial charge in [-0.05, 0) is 61.8 Å². The molecule has 0 bridgehead atoms. The van der Waals surface area contributed by atoms with Crippen LogP contribution in [0.4, 0.5) is 0 Å². The molecule has 0 saturated carbocycles. The molecule has 0 spiro atoms. The Morgan fingerprint density at radius 1 is 1.22 bits per heavy atom. The zero-order valence-corrected chi connectivity index (χ0v) is 12.7. The zero-order chi connectivity index (χ0) is 12.5. The number of hydrogen-bond donors (Lipinski definition) is 0. The van der Waals surface area contributed by atoms with Crippen LogP contribution in [0.2, 0.25) is 0 Å². The predicted octanol–water partition coefficient (Wildman–Crippen LogP) is 4.56. The fourth-order valence-corrected chi connectivity index (χ4v) is 4.25. The largest absolute Gasteiger partial charge is 0.296 e. The van der Waals surface area contributed by atoms with Gasteiger partial charge in [-0.3, -0.25) is 4.90 Å². The van der Waals surface area contributed by atoms with Crippen molar-refractivity contribution < 1.29 is 0 Å². The van der Waals surface area contributed by atoms with Crippen LogP contribution in [0.1, 0.15) is 49.8 Å². The lowest BCUT2D eigenvalue weighted by molar-refractivity contribution is 0.118. The third kappa shape index (κ3) is 2.37. The molecular formula is C16H22BrN. The van der Waals surface area contributed by atoms with Crippen molar-refractivity contribution in [2.45, 2.75) is 45.1 Å². The molecule has 2 aliphatic rings. The molecule has 1 nitrogen and oxygen atoms in total. The molecule has 0 N–H and O–H groups in total. The number of rotatable bonds is 1. The highest BCUT2D eigenvalue weighted by Crippen LogP contribution is 2.39. The smallest absolute Gasteiger partial charge is 0.0351 e. The topological polar surface area (TPSA) is 3.24 Å². The average molecular weight is 308 g/mol. The Morgan fingerprint density at radius 2 is 2.11 bits per heavy atom. The summed E-state index contributed by atoms with van der Waals surface area (Å²) in [6.45, 7) is 4.98. The highest BCUT2D eigenvalue weighted by Gasteiger charge is 2.29. The van der Waals surface area contributed by atoms with Gasteiger partial charge in [-0.25, -0.2) is 0 Å². The summed E-state index contributed by atoms with van der Waals surface area (Å²) >= 11 is 3.73. The maximum absolute atomic E-state index is 3.73. The van der Waals surface area contributed by atoms with E-state index in [1.807, 2.05) is 0 Å². The zero-order valence-electron chi connectivity index (χ0n) is 11.2. The van der Waals surface area contributed by atoms with Crippen LogP contribution >= 0.6 is 15.9 Å². The van der Waals surface area contributed by atoms with Crippen molar-refractivity contribution in [2.24, 2.45) is 5.92 Å². The monoisotopic (exact) mass is 307 g/mol. The van der Waals surface area contributed by atoms with Gasteiger partial charge in [-0.1, -0.05) is 35.0 Å². The van der Waals surface area contributed by atoms with Crippen molar-refractivity contribution >= 4 is 15.9 Å². The van der Waals surface area contributed by atoms with Crippen molar-refractivity contribution in [3.05, 3.63) is 33.8 Å². The van der Waals surface area contributed by atoms with Gasteiger partial charge in [0.15, 0.2) is 0 Å². The Balaban J connectivity index is 1.89. The fraction of sp³-hybridized carbons (Fsp3) is 0.625. The molecule has 98 valence electrons. The van der Waals surface area contributed by atoms with Gasteiger partial charge in [-0.2, -0.15) is 0 Å². The summed E-state index contributed by atoms with van der Waals surface area (Å²) in [4.78, 5) is 2.73. The van der Waals surface area contributed by atoms with E-state index < -0.39 is 0 Å². The molecule has 0 radical (unpaired) electrons. The fourth-order valence-electron chi connectivity index (χ4n) is 3.67. The Kier molecular flexibility index (Phi) is 3.76. The first-order valence-corrected chi connectivity index (χ1v) is 8.06. The molecule has 2 atom stereocenters. The van der Waals surface area contributed by atoms with Crippen LogP contribution in [0.3, 0.4) is 0 Å². The molecule has 3 rings (SSSR count). The molecule has 2 unspecified atom stereocenters. The Labute approximate surface area is 119 Å². The van der Waals surface area contributed by atoms with Crippen LogP contribution in [0.25, 0.3) is 0 Å². The van der Waals surface area contributed by atoms with E-state index >= 15 is 0 Å². The standard InChI is InChI=1S/C16H22BrN/c1-12-5-4-10-18(11-12)16-9-3-6-13-14(16)7-2-8-15(13)17/h2,7-8,12,16H,3-6,9-11H2,1H3. The maximum Gasteiger partial charge on any atom is 0.0351 e. The van der Waals surface area contributed by atoms with Gasteiger partial charge in [0, 0.05) is 17.1 Å². The van der Waals surface area contributed by atoms with Crippen LogP contribution in [0.15, 0.2) is 22.7 Å². The molecule has 1 aromatic rings. The lowest BCUT2D eigenvalue weighted by Crippen LogP contribution is -2.38. The minimum Gasteiger partial charge on any atom is -0.296 e. The number of nitrogens with zero attached hydrogens (tertiary/aromatic N) is 1. The molecule has 1 saturated heterocycles. The van der Waals surface area contributed by atoms with E-state index in [2.05, 4.69) is 46.0 Å². The summed E-state index contributed by atoms with van der Waals surface area (Å²) in [5, 5.41) is 0. The van der Waals surface area contributed by atoms with Crippen molar-refractivity contribution in [1.82, 2.24) is 4.90 Å². The molecule has 1 aliphatic carbocycles. The van der Waals surface area contributed by atoms with Crippen molar-refractivity contribution in [3.8, 4) is 0 Å². The number of likely N-dealkylation sites (tertiary alicyclic amines) is 1. The number of hydrogen-bond acceptors (Lipinski definition) is 1. The molecule has 18 heavy (non-hydrogen) atoms. The van der Waals surface area contributed by atoms with Gasteiger partial charge in [0.25, 0.3) is 0 Å². The molecule has 1 fully saturated rings. The van der Waals surface area contributed by atoms with Crippen LogP contribution in [0, 0.1) is 5.92 Å². The summed E-state index contributed by atoms with van der Waals surface area (Å²) in [5.41, 5.74) is 3.15. The first-order chi connectivity index (χ1) is 8.75. The molecule has 0 amide bonds. The summed E-state index contributed by atoms with van der Waals surface area (Å²) in [7, 11) is 0. The Hall–Kier alpha value is -0.340. The number of benzene rings is 1. The molecule has 0 aromatic heterocycles. The second-order valence-corrected chi connectivity index (χ2v) is 6.81. The number of halogens is 1. The normalized spacial score (nSPS) is 29.0. The van der Waals surface area contributed by atoms with Gasteiger partial charge < -0.3 is 0 Å². The van der Waals surface area contributed by atoms with Gasteiger partial charge in [-0.15, -0.1) is 0 Å². The van der Waals surface area contributed by atoms with E-state index in [1.165, 1.54) is 49.7 Å². The Bertz CT molecular complexity index is 429. The maximum atomic E-state index is 3.73. The van der Waals surface area contributed by atoms with E-state index in [4.69, 9.17) is 0 Å². The summed E-state index contributed by atoms with van der Waals surface area (Å²) < 4.78 is 1.31. The SMILES string of the molecule is CC1CCCN(C2CCCc3c(Br)cccc32)C1. The third-order valence-electron chi connectivity index (χ3n) is 4.55. The van der Waals surface area contributed by atoms with Crippen LogP contribution in [0.5, 0.6) is 0 Å². The van der Waals surface area contributed by atoms with E-state index in [1.54, 1.807) is 11.1 Å². The first kappa shape index (κ1) is 12.7. The van der Waals surface area contributed by atoms with Crippen LogP contribution in [-0.2, 0) is 6.42 Å². The molecule has 1 aliphatic heterocycles. The van der Waals surface area contributed by atoms with Gasteiger partial charge in [0.05, 0.1) is 0 Å². The molecule has 1 heterocycles. The summed E-state index contributed by atoms with van der Waals surface area (Å²) in [6.07, 6.45) is 6.72. The quantitative estimate of drug-likeness (QED) is 0.735. The van der Waals surface area contributed by atoms with Crippen molar-refractivity contribution in [3.63, 3.8) is 0 Å². The molecular weight excluding hydrogens is 286 g/mol. The van der Waals surface area contributed by atoms with Gasteiger partial charge >= 0.3 is 0 Å². The van der Waals surface area contributed by atoms with Crippen LogP contribution < -0.4 is 0 Å². The Morgan fingerprint density at radius 3 is 2.94 bits per heavy atom. The lowest BCUT2D eigenvalue weighted by Gasteiger charge is -2.40. The predicted molar refractivity (Wildman–Crippen MR) is 79.8 cm³/mol. The summed E-state index contributed by atoms with van der Waals surface area (Å²) in [6, 6.07) is 7.42. The van der Waals surface area contributed by atoms with E-state index in [9.17, 15) is 0 Å². The highest BCUT2D eigenvalue weighted by atomic mass is 79.9. The van der Waals surface area contributed by atoms with E-state index in [0.717, 1.165) is 5.92 Å². The van der Waals surface area contributed by atoms with E-state index in [-0.39, 0.29) is 0 Å². The highest BCUT2D eigenvalue weighted by molar-refractivity contribution is 9.10. The van der Waals surface area contributed by atoms with E-state index in [0.29, 0.717) is 6.04 Å². The minimum absolute atomic E-state index is 0.675. The number of piperidine rings is 1. The average Bonchev–Trinajstić information content (AvgIpc) is 2.39.